The molecule has 0 spiro atoms. The average molecular weight is 267 g/mol. The summed E-state index contributed by atoms with van der Waals surface area (Å²) in [6.45, 7) is 12.2. The fourth-order valence-electron chi connectivity index (χ4n) is 3.69. The zero-order valence-corrected chi connectivity index (χ0v) is 13.0. The van der Waals surface area contributed by atoms with Crippen LogP contribution in [-0.4, -0.2) is 55.1 Å². The maximum Gasteiger partial charge on any atom is 0.0170 e. The van der Waals surface area contributed by atoms with Gasteiger partial charge in [-0.05, 0) is 70.1 Å². The third-order valence-electron chi connectivity index (χ3n) is 4.69. The lowest BCUT2D eigenvalue weighted by molar-refractivity contribution is 0.145. The molecule has 1 unspecified atom stereocenters. The molecule has 112 valence electrons. The maximum atomic E-state index is 6.22. The molecular formula is C16H33N3. The molecule has 2 heterocycles. The van der Waals surface area contributed by atoms with Gasteiger partial charge >= 0.3 is 0 Å². The second-order valence-electron chi connectivity index (χ2n) is 7.14. The van der Waals surface area contributed by atoms with Gasteiger partial charge < -0.3 is 15.5 Å². The van der Waals surface area contributed by atoms with Crippen LogP contribution < -0.4 is 5.73 Å². The van der Waals surface area contributed by atoms with Crippen LogP contribution in [0.25, 0.3) is 0 Å². The van der Waals surface area contributed by atoms with E-state index in [-0.39, 0.29) is 0 Å². The van der Waals surface area contributed by atoms with Crippen molar-refractivity contribution in [2.45, 2.75) is 52.0 Å². The molecule has 0 amide bonds. The topological polar surface area (TPSA) is 32.5 Å². The van der Waals surface area contributed by atoms with Gasteiger partial charge in [-0.2, -0.15) is 0 Å². The summed E-state index contributed by atoms with van der Waals surface area (Å²) in [7, 11) is 0. The molecule has 2 aliphatic rings. The number of rotatable bonds is 6. The van der Waals surface area contributed by atoms with E-state index in [1.54, 1.807) is 0 Å². The van der Waals surface area contributed by atoms with Gasteiger partial charge in [-0.15, -0.1) is 0 Å². The van der Waals surface area contributed by atoms with Crippen molar-refractivity contribution >= 4 is 0 Å². The Morgan fingerprint density at radius 3 is 2.21 bits per heavy atom. The third-order valence-corrected chi connectivity index (χ3v) is 4.69. The van der Waals surface area contributed by atoms with Crippen molar-refractivity contribution in [2.75, 3.05) is 39.3 Å². The van der Waals surface area contributed by atoms with Gasteiger partial charge in [0.2, 0.25) is 0 Å². The van der Waals surface area contributed by atoms with Crippen molar-refractivity contribution in [3.8, 4) is 0 Å². The summed E-state index contributed by atoms with van der Waals surface area (Å²) in [6, 6.07) is 0.370. The maximum absolute atomic E-state index is 6.22. The third kappa shape index (κ3) is 5.41. The molecule has 2 saturated heterocycles. The molecule has 0 aliphatic carbocycles. The molecule has 3 nitrogen and oxygen atoms in total. The van der Waals surface area contributed by atoms with Gasteiger partial charge in [0.1, 0.15) is 0 Å². The van der Waals surface area contributed by atoms with Crippen LogP contribution in [0.15, 0.2) is 0 Å². The Labute approximate surface area is 119 Å². The van der Waals surface area contributed by atoms with Crippen LogP contribution >= 0.6 is 0 Å². The van der Waals surface area contributed by atoms with Crippen LogP contribution in [0.3, 0.4) is 0 Å². The van der Waals surface area contributed by atoms with Crippen molar-refractivity contribution in [3.05, 3.63) is 0 Å². The van der Waals surface area contributed by atoms with Gasteiger partial charge in [-0.3, -0.25) is 0 Å². The average Bonchev–Trinajstić information content (AvgIpc) is 2.83. The second kappa shape index (κ2) is 7.61. The predicted octanol–water partition coefficient (Wildman–Crippen LogP) is 2.17. The molecule has 2 aliphatic heterocycles. The van der Waals surface area contributed by atoms with E-state index in [0.717, 1.165) is 24.8 Å². The SMILES string of the molecule is CC(C)CC(N)CN1CCC(CN2CCCC2)CC1. The molecule has 1 atom stereocenters. The number of nitrogens with two attached hydrogens (primary N) is 1. The van der Waals surface area contributed by atoms with Crippen LogP contribution in [0.2, 0.25) is 0 Å². The first-order valence-corrected chi connectivity index (χ1v) is 8.33. The van der Waals surface area contributed by atoms with E-state index in [9.17, 15) is 0 Å². The van der Waals surface area contributed by atoms with E-state index in [2.05, 4.69) is 23.6 Å². The second-order valence-corrected chi connectivity index (χ2v) is 7.14. The molecule has 2 rings (SSSR count). The highest BCUT2D eigenvalue weighted by molar-refractivity contribution is 4.79. The molecule has 3 heteroatoms. The Hall–Kier alpha value is -0.120. The summed E-state index contributed by atoms with van der Waals surface area (Å²) < 4.78 is 0. The molecule has 0 aromatic heterocycles. The highest BCUT2D eigenvalue weighted by Gasteiger charge is 2.23. The van der Waals surface area contributed by atoms with E-state index in [1.165, 1.54) is 58.4 Å². The van der Waals surface area contributed by atoms with E-state index in [1.807, 2.05) is 0 Å². The van der Waals surface area contributed by atoms with Crippen molar-refractivity contribution in [2.24, 2.45) is 17.6 Å². The van der Waals surface area contributed by atoms with Crippen molar-refractivity contribution in [3.63, 3.8) is 0 Å². The Bertz CT molecular complexity index is 240. The lowest BCUT2D eigenvalue weighted by atomic mass is 9.95. The lowest BCUT2D eigenvalue weighted by Gasteiger charge is -2.35. The largest absolute Gasteiger partial charge is 0.327 e. The molecule has 0 saturated carbocycles. The molecule has 0 radical (unpaired) electrons. The summed E-state index contributed by atoms with van der Waals surface area (Å²) in [4.78, 5) is 5.26. The fourth-order valence-corrected chi connectivity index (χ4v) is 3.69. The number of likely N-dealkylation sites (tertiary alicyclic amines) is 2. The number of piperidine rings is 1. The standard InChI is InChI=1S/C16H33N3/c1-14(2)11-16(17)13-19-9-5-15(6-10-19)12-18-7-3-4-8-18/h14-16H,3-13,17H2,1-2H3. The van der Waals surface area contributed by atoms with Crippen molar-refractivity contribution in [1.29, 1.82) is 0 Å². The molecule has 2 fully saturated rings. The van der Waals surface area contributed by atoms with Gasteiger partial charge in [0, 0.05) is 19.1 Å². The Balaban J connectivity index is 1.61. The van der Waals surface area contributed by atoms with E-state index < -0.39 is 0 Å². The van der Waals surface area contributed by atoms with Crippen molar-refractivity contribution < 1.29 is 0 Å². The first-order chi connectivity index (χ1) is 9.13. The van der Waals surface area contributed by atoms with Crippen LogP contribution in [0, 0.1) is 11.8 Å². The van der Waals surface area contributed by atoms with Gasteiger partial charge in [-0.1, -0.05) is 13.8 Å². The van der Waals surface area contributed by atoms with Gasteiger partial charge in [-0.25, -0.2) is 0 Å². The minimum atomic E-state index is 0.370. The number of hydrogen-bond acceptors (Lipinski definition) is 3. The highest BCUT2D eigenvalue weighted by atomic mass is 15.2. The Kier molecular flexibility index (Phi) is 6.11. The van der Waals surface area contributed by atoms with E-state index >= 15 is 0 Å². The summed E-state index contributed by atoms with van der Waals surface area (Å²) in [5.41, 5.74) is 6.22. The van der Waals surface area contributed by atoms with Gasteiger partial charge in [0.15, 0.2) is 0 Å². The minimum Gasteiger partial charge on any atom is -0.327 e. The van der Waals surface area contributed by atoms with E-state index in [4.69, 9.17) is 5.73 Å². The van der Waals surface area contributed by atoms with Crippen molar-refractivity contribution in [1.82, 2.24) is 9.80 Å². The highest BCUT2D eigenvalue weighted by Crippen LogP contribution is 2.21. The zero-order valence-electron chi connectivity index (χ0n) is 13.0. The predicted molar refractivity (Wildman–Crippen MR) is 82.3 cm³/mol. The van der Waals surface area contributed by atoms with Gasteiger partial charge in [0.05, 0.1) is 0 Å². The summed E-state index contributed by atoms with van der Waals surface area (Å²) in [6.07, 6.45) is 6.76. The smallest absolute Gasteiger partial charge is 0.0170 e. The number of nitrogens with zero attached hydrogens (tertiary/aromatic N) is 2. The molecule has 2 N–H and O–H groups in total. The monoisotopic (exact) mass is 267 g/mol. The van der Waals surface area contributed by atoms with Crippen LogP contribution in [0.4, 0.5) is 0 Å². The van der Waals surface area contributed by atoms with Crippen LogP contribution in [0.5, 0.6) is 0 Å². The van der Waals surface area contributed by atoms with Crippen LogP contribution in [0.1, 0.15) is 46.0 Å². The summed E-state index contributed by atoms with van der Waals surface area (Å²) in [5.74, 6) is 1.67. The molecule has 0 aromatic carbocycles. The van der Waals surface area contributed by atoms with E-state index in [0.29, 0.717) is 6.04 Å². The minimum absolute atomic E-state index is 0.370. The normalized spacial score (nSPS) is 25.3. The quantitative estimate of drug-likeness (QED) is 0.800. The fraction of sp³-hybridized carbons (Fsp3) is 1.00. The summed E-state index contributed by atoms with van der Waals surface area (Å²) >= 11 is 0. The zero-order chi connectivity index (χ0) is 13.7. The Morgan fingerprint density at radius 1 is 1.00 bits per heavy atom. The first-order valence-electron chi connectivity index (χ1n) is 8.33. The number of hydrogen-bond donors (Lipinski definition) is 1. The summed E-state index contributed by atoms with van der Waals surface area (Å²) in [5, 5.41) is 0. The Morgan fingerprint density at radius 2 is 1.63 bits per heavy atom. The van der Waals surface area contributed by atoms with Crippen LogP contribution in [-0.2, 0) is 0 Å². The molecule has 0 aromatic rings. The lowest BCUT2D eigenvalue weighted by Crippen LogP contribution is -2.44. The first kappa shape index (κ1) is 15.3. The molecule has 19 heavy (non-hydrogen) atoms. The molecular weight excluding hydrogens is 234 g/mol. The van der Waals surface area contributed by atoms with Gasteiger partial charge in [0.25, 0.3) is 0 Å². The molecule has 0 bridgehead atoms.